The number of ether oxygens (including phenoxy) is 1. The van der Waals surface area contributed by atoms with Crippen molar-refractivity contribution in [1.82, 2.24) is 9.88 Å². The molecule has 1 saturated heterocycles. The van der Waals surface area contributed by atoms with Crippen molar-refractivity contribution >= 4 is 28.8 Å². The van der Waals surface area contributed by atoms with Crippen LogP contribution < -0.4 is 0 Å². The molecule has 0 N–H and O–H groups in total. The molecule has 6 heteroatoms. The maximum Gasteiger partial charge on any atom is 0.265 e. The first-order valence-corrected chi connectivity index (χ1v) is 8.02. The third-order valence-electron chi connectivity index (χ3n) is 3.15. The third-order valence-corrected chi connectivity index (χ3v) is 4.29. The normalized spacial score (nSPS) is 14.3. The summed E-state index contributed by atoms with van der Waals surface area (Å²) in [5.41, 5.74) is 0.823. The summed E-state index contributed by atoms with van der Waals surface area (Å²) in [5, 5.41) is 1.27. The Morgan fingerprint density at radius 2 is 2.14 bits per heavy atom. The lowest BCUT2D eigenvalue weighted by atomic mass is 10.2. The van der Waals surface area contributed by atoms with Crippen molar-refractivity contribution in [2.45, 2.75) is 0 Å². The highest BCUT2D eigenvalue weighted by molar-refractivity contribution is 7.14. The van der Waals surface area contributed by atoms with Gasteiger partial charge in [0.25, 0.3) is 5.91 Å². The number of benzene rings is 1. The Hall–Kier alpha value is -1.87. The SMILES string of the molecule is O=C(c1cnc(C#Cc2cccc(Cl)c2)s1)N1CCOCC1. The number of aromatic nitrogens is 1. The number of amides is 1. The topological polar surface area (TPSA) is 42.4 Å². The standard InChI is InChI=1S/C16H13ClN2O2S/c17-13-3-1-2-12(10-13)4-5-15-18-11-14(22-15)16(20)19-6-8-21-9-7-19/h1-3,10-11H,6-9H2. The molecule has 1 aromatic heterocycles. The molecule has 112 valence electrons. The van der Waals surface area contributed by atoms with Gasteiger partial charge in [0.1, 0.15) is 4.88 Å². The van der Waals surface area contributed by atoms with E-state index in [4.69, 9.17) is 16.3 Å². The van der Waals surface area contributed by atoms with E-state index >= 15 is 0 Å². The van der Waals surface area contributed by atoms with Crippen LogP contribution in [0.25, 0.3) is 0 Å². The van der Waals surface area contributed by atoms with Crippen LogP contribution in [-0.4, -0.2) is 42.1 Å². The number of nitrogens with zero attached hydrogens (tertiary/aromatic N) is 2. The molecule has 0 aliphatic carbocycles. The number of thiazole rings is 1. The summed E-state index contributed by atoms with van der Waals surface area (Å²) in [6.07, 6.45) is 1.59. The zero-order chi connectivity index (χ0) is 15.4. The largest absolute Gasteiger partial charge is 0.378 e. The summed E-state index contributed by atoms with van der Waals surface area (Å²) in [4.78, 5) is 18.9. The van der Waals surface area contributed by atoms with Gasteiger partial charge in [-0.15, -0.1) is 11.3 Å². The van der Waals surface area contributed by atoms with Crippen LogP contribution in [0.5, 0.6) is 0 Å². The van der Waals surface area contributed by atoms with E-state index in [1.165, 1.54) is 11.3 Å². The van der Waals surface area contributed by atoms with Crippen molar-refractivity contribution in [2.24, 2.45) is 0 Å². The monoisotopic (exact) mass is 332 g/mol. The average Bonchev–Trinajstić information content (AvgIpc) is 3.02. The van der Waals surface area contributed by atoms with E-state index in [1.54, 1.807) is 23.2 Å². The maximum atomic E-state index is 12.3. The van der Waals surface area contributed by atoms with Crippen LogP contribution in [0, 0.1) is 11.8 Å². The van der Waals surface area contributed by atoms with Gasteiger partial charge in [-0.25, -0.2) is 4.98 Å². The number of hydrogen-bond acceptors (Lipinski definition) is 4. The van der Waals surface area contributed by atoms with E-state index in [2.05, 4.69) is 16.8 Å². The fourth-order valence-corrected chi connectivity index (χ4v) is 2.97. The molecule has 1 aromatic carbocycles. The summed E-state index contributed by atoms with van der Waals surface area (Å²) in [5.74, 6) is 5.97. The number of hydrogen-bond donors (Lipinski definition) is 0. The van der Waals surface area contributed by atoms with Gasteiger partial charge in [-0.05, 0) is 24.1 Å². The lowest BCUT2D eigenvalue weighted by molar-refractivity contribution is 0.0306. The molecule has 0 bridgehead atoms. The van der Waals surface area contributed by atoms with E-state index in [0.29, 0.717) is 41.2 Å². The van der Waals surface area contributed by atoms with Gasteiger partial charge in [-0.2, -0.15) is 0 Å². The Morgan fingerprint density at radius 3 is 2.91 bits per heavy atom. The van der Waals surface area contributed by atoms with Gasteiger partial charge in [0, 0.05) is 23.7 Å². The second kappa shape index (κ2) is 6.93. The van der Waals surface area contributed by atoms with Crippen LogP contribution in [0.4, 0.5) is 0 Å². The molecule has 0 spiro atoms. The Labute approximate surface area is 137 Å². The zero-order valence-electron chi connectivity index (χ0n) is 11.7. The molecule has 1 fully saturated rings. The fourth-order valence-electron chi connectivity index (χ4n) is 2.04. The number of halogens is 1. The van der Waals surface area contributed by atoms with Crippen LogP contribution in [0.3, 0.4) is 0 Å². The molecule has 22 heavy (non-hydrogen) atoms. The molecule has 1 aliphatic rings. The van der Waals surface area contributed by atoms with Crippen molar-refractivity contribution in [3.05, 3.63) is 50.9 Å². The van der Waals surface area contributed by atoms with E-state index in [0.717, 1.165) is 5.56 Å². The molecule has 3 rings (SSSR count). The minimum Gasteiger partial charge on any atom is -0.378 e. The van der Waals surface area contributed by atoms with Gasteiger partial charge in [-0.1, -0.05) is 23.6 Å². The zero-order valence-corrected chi connectivity index (χ0v) is 13.3. The van der Waals surface area contributed by atoms with Gasteiger partial charge in [0.15, 0.2) is 5.01 Å². The van der Waals surface area contributed by atoms with E-state index in [-0.39, 0.29) is 5.91 Å². The summed E-state index contributed by atoms with van der Waals surface area (Å²) in [7, 11) is 0. The fraction of sp³-hybridized carbons (Fsp3) is 0.250. The molecule has 0 unspecified atom stereocenters. The van der Waals surface area contributed by atoms with Gasteiger partial charge in [-0.3, -0.25) is 4.79 Å². The Morgan fingerprint density at radius 1 is 1.32 bits per heavy atom. The highest BCUT2D eigenvalue weighted by Gasteiger charge is 2.20. The predicted octanol–water partition coefficient (Wildman–Crippen LogP) is 2.67. The molecular weight excluding hydrogens is 320 g/mol. The third kappa shape index (κ3) is 3.66. The number of morpholine rings is 1. The van der Waals surface area contributed by atoms with Crippen LogP contribution >= 0.6 is 22.9 Å². The van der Waals surface area contributed by atoms with E-state index in [1.807, 2.05) is 12.1 Å². The predicted molar refractivity (Wildman–Crippen MR) is 86.3 cm³/mol. The summed E-state index contributed by atoms with van der Waals surface area (Å²) in [6, 6.07) is 7.32. The summed E-state index contributed by atoms with van der Waals surface area (Å²) < 4.78 is 5.25. The van der Waals surface area contributed by atoms with Gasteiger partial charge in [0.05, 0.1) is 19.4 Å². The van der Waals surface area contributed by atoms with Crippen molar-refractivity contribution < 1.29 is 9.53 Å². The highest BCUT2D eigenvalue weighted by atomic mass is 35.5. The molecule has 2 aromatic rings. The van der Waals surface area contributed by atoms with E-state index < -0.39 is 0 Å². The van der Waals surface area contributed by atoms with Crippen LogP contribution in [0.15, 0.2) is 30.5 Å². The molecule has 0 atom stereocenters. The van der Waals surface area contributed by atoms with Crippen LogP contribution in [-0.2, 0) is 4.74 Å². The molecule has 4 nitrogen and oxygen atoms in total. The number of carbonyl (C=O) groups is 1. The van der Waals surface area contributed by atoms with Gasteiger partial charge >= 0.3 is 0 Å². The number of carbonyl (C=O) groups excluding carboxylic acids is 1. The lowest BCUT2D eigenvalue weighted by Gasteiger charge is -2.26. The second-order valence-electron chi connectivity index (χ2n) is 4.69. The first-order chi connectivity index (χ1) is 10.7. The van der Waals surface area contributed by atoms with E-state index in [9.17, 15) is 4.79 Å². The summed E-state index contributed by atoms with van der Waals surface area (Å²) in [6.45, 7) is 2.43. The van der Waals surface area contributed by atoms with Crippen molar-refractivity contribution in [2.75, 3.05) is 26.3 Å². The van der Waals surface area contributed by atoms with Gasteiger partial charge < -0.3 is 9.64 Å². The van der Waals surface area contributed by atoms with Crippen molar-refractivity contribution in [3.63, 3.8) is 0 Å². The van der Waals surface area contributed by atoms with Gasteiger partial charge in [0.2, 0.25) is 0 Å². The molecule has 0 radical (unpaired) electrons. The number of rotatable bonds is 1. The molecular formula is C16H13ClN2O2S. The first kappa shape index (κ1) is 15.0. The Bertz CT molecular complexity index is 742. The Kier molecular flexibility index (Phi) is 4.74. The molecule has 0 saturated carbocycles. The minimum atomic E-state index is -0.00314. The minimum absolute atomic E-state index is 0.00314. The maximum absolute atomic E-state index is 12.3. The molecule has 2 heterocycles. The molecule has 1 aliphatic heterocycles. The highest BCUT2D eigenvalue weighted by Crippen LogP contribution is 2.16. The second-order valence-corrected chi connectivity index (χ2v) is 6.16. The lowest BCUT2D eigenvalue weighted by Crippen LogP contribution is -2.40. The van der Waals surface area contributed by atoms with Crippen LogP contribution in [0.1, 0.15) is 20.2 Å². The van der Waals surface area contributed by atoms with Crippen LogP contribution in [0.2, 0.25) is 5.02 Å². The first-order valence-electron chi connectivity index (χ1n) is 6.83. The van der Waals surface area contributed by atoms with Crippen molar-refractivity contribution in [1.29, 1.82) is 0 Å². The Balaban J connectivity index is 1.72. The quantitative estimate of drug-likeness (QED) is 0.754. The average molecular weight is 333 g/mol. The van der Waals surface area contributed by atoms with Crippen molar-refractivity contribution in [3.8, 4) is 11.8 Å². The summed E-state index contributed by atoms with van der Waals surface area (Å²) >= 11 is 7.23. The smallest absolute Gasteiger partial charge is 0.265 e. The molecule has 1 amide bonds.